The second-order valence-corrected chi connectivity index (χ2v) is 4.84. The van der Waals surface area contributed by atoms with E-state index in [-0.39, 0.29) is 5.54 Å². The first-order valence-corrected chi connectivity index (χ1v) is 5.52. The number of likely N-dealkylation sites (N-methyl/N-ethyl adjacent to an activating group) is 1. The maximum atomic E-state index is 12.5. The summed E-state index contributed by atoms with van der Waals surface area (Å²) >= 11 is 0. The Hall–Kier alpha value is -1.01. The minimum Gasteiger partial charge on any atom is -0.308 e. The third kappa shape index (κ3) is 3.74. The van der Waals surface area contributed by atoms with E-state index in [9.17, 15) is 8.78 Å². The fourth-order valence-corrected chi connectivity index (χ4v) is 1.30. The Morgan fingerprint density at radius 2 is 2.12 bits per heavy atom. The number of imidazole rings is 1. The van der Waals surface area contributed by atoms with E-state index in [0.717, 1.165) is 4.57 Å². The van der Waals surface area contributed by atoms with Gasteiger partial charge in [-0.15, -0.1) is 0 Å². The van der Waals surface area contributed by atoms with E-state index in [2.05, 4.69) is 29.0 Å². The highest BCUT2D eigenvalue weighted by molar-refractivity contribution is 4.93. The molecule has 0 saturated heterocycles. The summed E-state index contributed by atoms with van der Waals surface area (Å²) in [6, 6.07) is 0. The van der Waals surface area contributed by atoms with Crippen molar-refractivity contribution in [2.45, 2.75) is 32.5 Å². The molecule has 1 aromatic heterocycles. The van der Waals surface area contributed by atoms with Crippen molar-refractivity contribution in [1.82, 2.24) is 19.8 Å². The van der Waals surface area contributed by atoms with E-state index >= 15 is 0 Å². The van der Waals surface area contributed by atoms with E-state index < -0.39 is 6.55 Å². The van der Waals surface area contributed by atoms with Crippen molar-refractivity contribution in [3.63, 3.8) is 0 Å². The second-order valence-electron chi connectivity index (χ2n) is 4.84. The van der Waals surface area contributed by atoms with Crippen molar-refractivity contribution in [2.75, 3.05) is 20.6 Å². The lowest BCUT2D eigenvalue weighted by atomic mass is 10.0. The minimum absolute atomic E-state index is 0.0255. The quantitative estimate of drug-likeness (QED) is 0.829. The average molecular weight is 246 g/mol. The Morgan fingerprint density at radius 3 is 2.65 bits per heavy atom. The molecular formula is C11H20F2N4. The van der Waals surface area contributed by atoms with Crippen LogP contribution in [-0.2, 0) is 6.54 Å². The normalized spacial score (nSPS) is 12.7. The zero-order valence-electron chi connectivity index (χ0n) is 10.7. The molecule has 1 heterocycles. The third-order valence-electron chi connectivity index (χ3n) is 3.01. The molecule has 0 aliphatic heterocycles. The van der Waals surface area contributed by atoms with Crippen LogP contribution in [0.25, 0.3) is 0 Å². The van der Waals surface area contributed by atoms with Crippen LogP contribution in [0, 0.1) is 0 Å². The number of rotatable bonds is 6. The van der Waals surface area contributed by atoms with Crippen LogP contribution >= 0.6 is 0 Å². The van der Waals surface area contributed by atoms with Gasteiger partial charge in [0.15, 0.2) is 0 Å². The number of hydrogen-bond acceptors (Lipinski definition) is 3. The molecule has 98 valence electrons. The van der Waals surface area contributed by atoms with Gasteiger partial charge in [0.25, 0.3) is 0 Å². The SMILES string of the molecule is CN(C)C(C)(C)CNCc1nccn1C(F)F. The van der Waals surface area contributed by atoms with E-state index in [0.29, 0.717) is 18.9 Å². The fraction of sp³-hybridized carbons (Fsp3) is 0.727. The van der Waals surface area contributed by atoms with Crippen molar-refractivity contribution in [3.05, 3.63) is 18.2 Å². The fourth-order valence-electron chi connectivity index (χ4n) is 1.30. The molecule has 0 aliphatic rings. The number of nitrogens with one attached hydrogen (secondary N) is 1. The minimum atomic E-state index is -2.53. The Kier molecular flexibility index (Phi) is 4.59. The standard InChI is InChI=1S/C11H20F2N4/c1-11(2,16(3)4)8-14-7-9-15-5-6-17(9)10(12)13/h5-6,10,14H,7-8H2,1-4H3. The molecule has 1 aromatic rings. The van der Waals surface area contributed by atoms with Gasteiger partial charge in [0.1, 0.15) is 5.82 Å². The summed E-state index contributed by atoms with van der Waals surface area (Å²) in [4.78, 5) is 5.99. The number of aromatic nitrogens is 2. The smallest absolute Gasteiger partial charge is 0.308 e. The van der Waals surface area contributed by atoms with Gasteiger partial charge in [0.05, 0.1) is 6.54 Å². The predicted octanol–water partition coefficient (Wildman–Crippen LogP) is 1.71. The lowest BCUT2D eigenvalue weighted by Gasteiger charge is -2.32. The molecule has 0 aromatic carbocycles. The van der Waals surface area contributed by atoms with Gasteiger partial charge in [-0.05, 0) is 27.9 Å². The van der Waals surface area contributed by atoms with E-state index in [1.165, 1.54) is 12.4 Å². The molecule has 0 aliphatic carbocycles. The predicted molar refractivity (Wildman–Crippen MR) is 63.0 cm³/mol. The molecule has 0 amide bonds. The van der Waals surface area contributed by atoms with Crippen LogP contribution in [0.15, 0.2) is 12.4 Å². The van der Waals surface area contributed by atoms with Crippen LogP contribution in [0.5, 0.6) is 0 Å². The molecule has 1 rings (SSSR count). The molecular weight excluding hydrogens is 226 g/mol. The van der Waals surface area contributed by atoms with Gasteiger partial charge in [-0.1, -0.05) is 0 Å². The summed E-state index contributed by atoms with van der Waals surface area (Å²) in [5, 5.41) is 3.15. The second kappa shape index (κ2) is 5.55. The lowest BCUT2D eigenvalue weighted by molar-refractivity contribution is 0.0664. The van der Waals surface area contributed by atoms with Crippen LogP contribution in [0.4, 0.5) is 8.78 Å². The highest BCUT2D eigenvalue weighted by Crippen LogP contribution is 2.13. The Morgan fingerprint density at radius 1 is 1.47 bits per heavy atom. The molecule has 0 atom stereocenters. The molecule has 0 fully saturated rings. The topological polar surface area (TPSA) is 33.1 Å². The zero-order chi connectivity index (χ0) is 13.1. The van der Waals surface area contributed by atoms with E-state index in [1.807, 2.05) is 14.1 Å². The molecule has 17 heavy (non-hydrogen) atoms. The Labute approximate surface area is 101 Å². The van der Waals surface area contributed by atoms with Gasteiger partial charge in [0, 0.05) is 24.5 Å². The summed E-state index contributed by atoms with van der Waals surface area (Å²) in [6.45, 7) is 2.68. The van der Waals surface area contributed by atoms with Gasteiger partial charge >= 0.3 is 6.55 Å². The van der Waals surface area contributed by atoms with Crippen LogP contribution < -0.4 is 5.32 Å². The van der Waals surface area contributed by atoms with Gasteiger partial charge in [-0.25, -0.2) is 4.98 Å². The molecule has 0 bridgehead atoms. The maximum Gasteiger partial charge on any atom is 0.319 e. The van der Waals surface area contributed by atoms with Gasteiger partial charge in [-0.2, -0.15) is 8.78 Å². The van der Waals surface area contributed by atoms with Crippen LogP contribution in [0.3, 0.4) is 0 Å². The number of alkyl halides is 2. The molecule has 0 radical (unpaired) electrons. The summed E-state index contributed by atoms with van der Waals surface area (Å²) in [5.74, 6) is 0.356. The summed E-state index contributed by atoms with van der Waals surface area (Å²) in [6.07, 6.45) is 2.68. The van der Waals surface area contributed by atoms with Crippen molar-refractivity contribution in [3.8, 4) is 0 Å². The first-order chi connectivity index (χ1) is 7.84. The summed E-state index contributed by atoms with van der Waals surface area (Å²) < 4.78 is 25.9. The largest absolute Gasteiger partial charge is 0.319 e. The van der Waals surface area contributed by atoms with Crippen molar-refractivity contribution < 1.29 is 8.78 Å². The van der Waals surface area contributed by atoms with Gasteiger partial charge in [0.2, 0.25) is 0 Å². The number of nitrogens with zero attached hydrogens (tertiary/aromatic N) is 3. The summed E-state index contributed by atoms with van der Waals surface area (Å²) in [5.41, 5.74) is -0.0255. The van der Waals surface area contributed by atoms with Crippen LogP contribution in [0.2, 0.25) is 0 Å². The number of halogens is 2. The van der Waals surface area contributed by atoms with E-state index in [4.69, 9.17) is 0 Å². The first-order valence-electron chi connectivity index (χ1n) is 5.52. The van der Waals surface area contributed by atoms with Crippen LogP contribution in [-0.4, -0.2) is 40.6 Å². The first kappa shape index (κ1) is 14.1. The van der Waals surface area contributed by atoms with Crippen molar-refractivity contribution >= 4 is 0 Å². The van der Waals surface area contributed by atoms with E-state index in [1.54, 1.807) is 0 Å². The molecule has 1 N–H and O–H groups in total. The Balaban J connectivity index is 2.49. The van der Waals surface area contributed by atoms with Crippen molar-refractivity contribution in [1.29, 1.82) is 0 Å². The highest BCUT2D eigenvalue weighted by atomic mass is 19.3. The van der Waals surface area contributed by atoms with Crippen LogP contribution in [0.1, 0.15) is 26.2 Å². The third-order valence-corrected chi connectivity index (χ3v) is 3.01. The molecule has 6 heteroatoms. The summed E-state index contributed by atoms with van der Waals surface area (Å²) in [7, 11) is 3.98. The maximum absolute atomic E-state index is 12.5. The highest BCUT2D eigenvalue weighted by Gasteiger charge is 2.20. The average Bonchev–Trinajstić information content (AvgIpc) is 2.65. The number of hydrogen-bond donors (Lipinski definition) is 1. The Bertz CT molecular complexity index is 347. The zero-order valence-corrected chi connectivity index (χ0v) is 10.7. The molecule has 0 unspecified atom stereocenters. The van der Waals surface area contributed by atoms with Gasteiger partial charge in [-0.3, -0.25) is 4.57 Å². The molecule has 0 saturated carbocycles. The molecule has 0 spiro atoms. The lowest BCUT2D eigenvalue weighted by Crippen LogP contribution is -2.46. The monoisotopic (exact) mass is 246 g/mol. The van der Waals surface area contributed by atoms with Crippen molar-refractivity contribution in [2.24, 2.45) is 0 Å². The van der Waals surface area contributed by atoms with Gasteiger partial charge < -0.3 is 10.2 Å². The molecule has 4 nitrogen and oxygen atoms in total.